The zero-order valence-electron chi connectivity index (χ0n) is 12.6. The highest BCUT2D eigenvalue weighted by molar-refractivity contribution is 7.99. The number of hydrogen-bond donors (Lipinski definition) is 1. The van der Waals surface area contributed by atoms with Crippen LogP contribution in [0.15, 0.2) is 16.2 Å². The van der Waals surface area contributed by atoms with Gasteiger partial charge in [0.2, 0.25) is 0 Å². The molecular weight excluding hydrogens is 270 g/mol. The molecule has 0 aliphatic carbocycles. The molecule has 0 saturated carbocycles. The first-order valence-corrected chi connectivity index (χ1v) is 7.46. The molecule has 0 aromatic carbocycles. The zero-order chi connectivity index (χ0) is 14.9. The highest BCUT2D eigenvalue weighted by Gasteiger charge is 2.17. The van der Waals surface area contributed by atoms with Crippen LogP contribution in [0.2, 0.25) is 0 Å². The maximum atomic E-state index is 5.94. The van der Waals surface area contributed by atoms with Crippen LogP contribution in [0.4, 0.5) is 0 Å². The summed E-state index contributed by atoms with van der Waals surface area (Å²) in [5, 5.41) is 6.32. The van der Waals surface area contributed by atoms with Crippen molar-refractivity contribution in [3.8, 4) is 0 Å². The summed E-state index contributed by atoms with van der Waals surface area (Å²) in [4.78, 5) is 8.96. The Labute approximate surface area is 124 Å². The van der Waals surface area contributed by atoms with Crippen molar-refractivity contribution in [1.82, 2.24) is 19.7 Å². The van der Waals surface area contributed by atoms with E-state index in [0.29, 0.717) is 0 Å². The van der Waals surface area contributed by atoms with Gasteiger partial charge in [-0.25, -0.2) is 9.97 Å². The van der Waals surface area contributed by atoms with Crippen LogP contribution in [0.25, 0.3) is 0 Å². The Morgan fingerprint density at radius 1 is 1.25 bits per heavy atom. The van der Waals surface area contributed by atoms with Gasteiger partial charge in [0, 0.05) is 30.0 Å². The summed E-state index contributed by atoms with van der Waals surface area (Å²) in [6, 6.07) is 2.08. The van der Waals surface area contributed by atoms with Crippen LogP contribution in [0.1, 0.15) is 29.6 Å². The first kappa shape index (κ1) is 15.0. The Kier molecular flexibility index (Phi) is 4.45. The zero-order valence-corrected chi connectivity index (χ0v) is 13.5. The molecule has 6 heteroatoms. The smallest absolute Gasteiger partial charge is 0.194 e. The monoisotopic (exact) mass is 291 g/mol. The van der Waals surface area contributed by atoms with Gasteiger partial charge in [-0.15, -0.1) is 0 Å². The van der Waals surface area contributed by atoms with Gasteiger partial charge in [-0.3, -0.25) is 4.68 Å². The topological polar surface area (TPSA) is 69.6 Å². The Balaban J connectivity index is 2.37. The fourth-order valence-corrected chi connectivity index (χ4v) is 3.27. The van der Waals surface area contributed by atoms with Crippen molar-refractivity contribution in [3.63, 3.8) is 0 Å². The molecule has 0 spiro atoms. The average Bonchev–Trinajstić information content (AvgIpc) is 2.54. The predicted octanol–water partition coefficient (Wildman–Crippen LogP) is 2.18. The third kappa shape index (κ3) is 3.37. The summed E-state index contributed by atoms with van der Waals surface area (Å²) >= 11 is 1.55. The van der Waals surface area contributed by atoms with E-state index >= 15 is 0 Å². The van der Waals surface area contributed by atoms with Crippen molar-refractivity contribution >= 4 is 11.8 Å². The molecule has 0 aliphatic heterocycles. The van der Waals surface area contributed by atoms with Crippen LogP contribution in [0.3, 0.4) is 0 Å². The van der Waals surface area contributed by atoms with Gasteiger partial charge in [0.05, 0.1) is 5.69 Å². The lowest BCUT2D eigenvalue weighted by Gasteiger charge is -2.08. The molecular formula is C14H21N5S. The van der Waals surface area contributed by atoms with Crippen molar-refractivity contribution in [2.24, 2.45) is 12.8 Å². The first-order chi connectivity index (χ1) is 9.36. The predicted molar refractivity (Wildman–Crippen MR) is 80.9 cm³/mol. The fourth-order valence-electron chi connectivity index (χ4n) is 2.19. The van der Waals surface area contributed by atoms with Gasteiger partial charge in [-0.05, 0) is 51.9 Å². The number of aromatic nitrogens is 4. The minimum atomic E-state index is 0.109. The molecule has 0 fully saturated rings. The number of hydrogen-bond acceptors (Lipinski definition) is 5. The maximum absolute atomic E-state index is 5.94. The summed E-state index contributed by atoms with van der Waals surface area (Å²) < 4.78 is 1.89. The fraction of sp³-hybridized carbons (Fsp3) is 0.500. The number of nitrogens with two attached hydrogens (primary N) is 1. The highest BCUT2D eigenvalue weighted by Crippen LogP contribution is 2.30. The Hall–Kier alpha value is -1.40. The van der Waals surface area contributed by atoms with E-state index in [0.717, 1.165) is 33.7 Å². The van der Waals surface area contributed by atoms with Gasteiger partial charge in [-0.1, -0.05) is 0 Å². The summed E-state index contributed by atoms with van der Waals surface area (Å²) in [6.45, 7) is 7.99. The van der Waals surface area contributed by atoms with Crippen molar-refractivity contribution in [2.45, 2.75) is 50.3 Å². The van der Waals surface area contributed by atoms with Gasteiger partial charge < -0.3 is 5.73 Å². The van der Waals surface area contributed by atoms with Crippen LogP contribution in [-0.4, -0.2) is 25.8 Å². The van der Waals surface area contributed by atoms with Crippen molar-refractivity contribution in [1.29, 1.82) is 0 Å². The van der Waals surface area contributed by atoms with E-state index in [1.165, 1.54) is 5.56 Å². The molecule has 2 N–H and O–H groups in total. The first-order valence-electron chi connectivity index (χ1n) is 6.65. The molecule has 2 heterocycles. The minimum Gasteiger partial charge on any atom is -0.328 e. The van der Waals surface area contributed by atoms with Crippen molar-refractivity contribution in [2.75, 3.05) is 0 Å². The molecule has 1 unspecified atom stereocenters. The molecule has 0 bridgehead atoms. The van der Waals surface area contributed by atoms with E-state index < -0.39 is 0 Å². The Bertz CT molecular complexity index is 598. The normalized spacial score (nSPS) is 12.7. The summed E-state index contributed by atoms with van der Waals surface area (Å²) in [6.07, 6.45) is 0.812. The van der Waals surface area contributed by atoms with Crippen LogP contribution in [0, 0.1) is 20.8 Å². The largest absolute Gasteiger partial charge is 0.328 e. The summed E-state index contributed by atoms with van der Waals surface area (Å²) in [5.74, 6) is 0. The van der Waals surface area contributed by atoms with E-state index in [-0.39, 0.29) is 6.04 Å². The van der Waals surface area contributed by atoms with Crippen LogP contribution in [0.5, 0.6) is 0 Å². The summed E-state index contributed by atoms with van der Waals surface area (Å²) in [7, 11) is 1.95. The second-order valence-corrected chi connectivity index (χ2v) is 6.17. The molecule has 108 valence electrons. The van der Waals surface area contributed by atoms with E-state index in [1.807, 2.05) is 45.5 Å². The van der Waals surface area contributed by atoms with Gasteiger partial charge in [0.25, 0.3) is 0 Å². The molecule has 0 radical (unpaired) electrons. The van der Waals surface area contributed by atoms with E-state index in [9.17, 15) is 0 Å². The minimum absolute atomic E-state index is 0.109. The molecule has 1 atom stereocenters. The number of rotatable bonds is 4. The third-order valence-electron chi connectivity index (χ3n) is 2.96. The van der Waals surface area contributed by atoms with Crippen molar-refractivity contribution in [3.05, 3.63) is 28.7 Å². The van der Waals surface area contributed by atoms with Crippen molar-refractivity contribution < 1.29 is 0 Å². The lowest BCUT2D eigenvalue weighted by Crippen LogP contribution is -2.18. The maximum Gasteiger partial charge on any atom is 0.194 e. The molecule has 0 saturated heterocycles. The highest BCUT2D eigenvalue weighted by atomic mass is 32.2. The standard InChI is InChI=1S/C14H21N5S/c1-8(15)6-12-11(4)18-19(5)13(12)20-14-16-9(2)7-10(3)17-14/h7-8H,6,15H2,1-5H3. The van der Waals surface area contributed by atoms with Crippen LogP contribution in [-0.2, 0) is 13.5 Å². The molecule has 2 rings (SSSR count). The number of aryl methyl sites for hydroxylation is 4. The van der Waals surface area contributed by atoms with E-state index in [1.54, 1.807) is 11.8 Å². The van der Waals surface area contributed by atoms with Crippen LogP contribution >= 0.6 is 11.8 Å². The molecule has 0 amide bonds. The van der Waals surface area contributed by atoms with Gasteiger partial charge in [0.1, 0.15) is 5.03 Å². The molecule has 0 aliphatic rings. The molecule has 2 aromatic rings. The van der Waals surface area contributed by atoms with Gasteiger partial charge >= 0.3 is 0 Å². The lowest BCUT2D eigenvalue weighted by molar-refractivity contribution is 0.675. The summed E-state index contributed by atoms with van der Waals surface area (Å²) in [5.41, 5.74) is 10.1. The quantitative estimate of drug-likeness (QED) is 0.874. The van der Waals surface area contributed by atoms with Crippen LogP contribution < -0.4 is 5.73 Å². The average molecular weight is 291 g/mol. The molecule has 2 aromatic heterocycles. The Morgan fingerprint density at radius 3 is 2.40 bits per heavy atom. The Morgan fingerprint density at radius 2 is 1.85 bits per heavy atom. The molecule has 20 heavy (non-hydrogen) atoms. The number of nitrogens with zero attached hydrogens (tertiary/aromatic N) is 4. The second-order valence-electron chi connectivity index (χ2n) is 5.21. The third-order valence-corrected chi connectivity index (χ3v) is 4.03. The SMILES string of the molecule is Cc1cc(C)nc(Sc2c(CC(C)N)c(C)nn2C)n1. The second kappa shape index (κ2) is 5.93. The molecule has 5 nitrogen and oxygen atoms in total. The van der Waals surface area contributed by atoms with Gasteiger partial charge in [-0.2, -0.15) is 5.10 Å². The van der Waals surface area contributed by atoms with E-state index in [4.69, 9.17) is 5.73 Å². The lowest BCUT2D eigenvalue weighted by atomic mass is 10.1. The van der Waals surface area contributed by atoms with E-state index in [2.05, 4.69) is 15.1 Å². The van der Waals surface area contributed by atoms with Gasteiger partial charge in [0.15, 0.2) is 5.16 Å².